The van der Waals surface area contributed by atoms with Crippen LogP contribution in [0.4, 0.5) is 5.69 Å². The zero-order valence-electron chi connectivity index (χ0n) is 18.7. The van der Waals surface area contributed by atoms with E-state index in [1.165, 1.54) is 29.1 Å². The number of carbonyl (C=O) groups is 1. The molecule has 0 radical (unpaired) electrons. The van der Waals surface area contributed by atoms with Crippen LogP contribution in [-0.2, 0) is 27.9 Å². The van der Waals surface area contributed by atoms with E-state index in [2.05, 4.69) is 22.3 Å². The number of sulfonamides is 1. The van der Waals surface area contributed by atoms with E-state index in [1.807, 2.05) is 25.1 Å². The number of benzene rings is 2. The fourth-order valence-electron chi connectivity index (χ4n) is 4.25. The van der Waals surface area contributed by atoms with Crippen molar-refractivity contribution in [1.82, 2.24) is 10.2 Å². The standard InChI is InChI=1S/C24H31N3O4S/c1-18-6-11-21-22(14-18)31-23(17-27(21)32(2,29)30)24(28)25-15-19-7-9-20(10-8-19)16-26-12-4-3-5-13-26/h6-11,14,23H,3-5,12-13,15-17H2,1-2H3,(H,25,28). The van der Waals surface area contributed by atoms with E-state index >= 15 is 0 Å². The Balaban J connectivity index is 1.37. The van der Waals surface area contributed by atoms with Crippen molar-refractivity contribution >= 4 is 21.6 Å². The summed E-state index contributed by atoms with van der Waals surface area (Å²) in [5.74, 6) is 0.0760. The van der Waals surface area contributed by atoms with Crippen molar-refractivity contribution in [3.63, 3.8) is 0 Å². The fourth-order valence-corrected chi connectivity index (χ4v) is 5.17. The topological polar surface area (TPSA) is 79.0 Å². The second-order valence-corrected chi connectivity index (χ2v) is 10.6. The van der Waals surface area contributed by atoms with Gasteiger partial charge in [0.15, 0.2) is 6.10 Å². The van der Waals surface area contributed by atoms with Crippen LogP contribution in [0.25, 0.3) is 0 Å². The summed E-state index contributed by atoms with van der Waals surface area (Å²) in [5, 5.41) is 2.89. The van der Waals surface area contributed by atoms with Crippen LogP contribution in [0.15, 0.2) is 42.5 Å². The predicted molar refractivity (Wildman–Crippen MR) is 125 cm³/mol. The van der Waals surface area contributed by atoms with Crippen molar-refractivity contribution in [1.29, 1.82) is 0 Å². The quantitative estimate of drug-likeness (QED) is 0.722. The molecule has 4 rings (SSSR count). The van der Waals surface area contributed by atoms with Crippen molar-refractivity contribution in [2.24, 2.45) is 0 Å². The minimum atomic E-state index is -3.53. The molecule has 1 atom stereocenters. The molecule has 1 N–H and O–H groups in total. The molecular formula is C24H31N3O4S. The molecule has 1 unspecified atom stereocenters. The fraction of sp³-hybridized carbons (Fsp3) is 0.458. The van der Waals surface area contributed by atoms with Crippen molar-refractivity contribution in [2.45, 2.75) is 45.4 Å². The van der Waals surface area contributed by atoms with E-state index < -0.39 is 16.1 Å². The van der Waals surface area contributed by atoms with Crippen molar-refractivity contribution < 1.29 is 17.9 Å². The summed E-state index contributed by atoms with van der Waals surface area (Å²) in [6.45, 7) is 5.49. The molecule has 1 saturated heterocycles. The first-order chi connectivity index (χ1) is 15.3. The lowest BCUT2D eigenvalue weighted by Gasteiger charge is -2.34. The number of ether oxygens (including phenoxy) is 1. The van der Waals surface area contributed by atoms with Gasteiger partial charge < -0.3 is 10.1 Å². The normalized spacial score (nSPS) is 19.2. The van der Waals surface area contributed by atoms with Crippen molar-refractivity contribution in [3.8, 4) is 5.75 Å². The second-order valence-electron chi connectivity index (χ2n) is 8.74. The average molecular weight is 458 g/mol. The first kappa shape index (κ1) is 22.6. The van der Waals surface area contributed by atoms with Gasteiger partial charge in [0.1, 0.15) is 5.75 Å². The number of hydrogen-bond acceptors (Lipinski definition) is 5. The van der Waals surface area contributed by atoms with Gasteiger partial charge in [0.25, 0.3) is 5.91 Å². The van der Waals surface area contributed by atoms with Crippen LogP contribution in [0.2, 0.25) is 0 Å². The highest BCUT2D eigenvalue weighted by molar-refractivity contribution is 7.92. The van der Waals surface area contributed by atoms with Crippen LogP contribution in [0.5, 0.6) is 5.75 Å². The number of aryl methyl sites for hydroxylation is 1. The Kier molecular flexibility index (Phi) is 6.71. The third-order valence-electron chi connectivity index (χ3n) is 6.02. The maximum Gasteiger partial charge on any atom is 0.263 e. The molecular weight excluding hydrogens is 426 g/mol. The Hall–Kier alpha value is -2.58. The molecule has 172 valence electrons. The summed E-state index contributed by atoms with van der Waals surface area (Å²) >= 11 is 0. The van der Waals surface area contributed by atoms with Gasteiger partial charge in [-0.25, -0.2) is 8.42 Å². The largest absolute Gasteiger partial charge is 0.476 e. The highest BCUT2D eigenvalue weighted by Crippen LogP contribution is 2.35. The van der Waals surface area contributed by atoms with Gasteiger partial charge in [-0.05, 0) is 61.7 Å². The summed E-state index contributed by atoms with van der Waals surface area (Å²) in [5.41, 5.74) is 3.66. The Morgan fingerprint density at radius 2 is 1.75 bits per heavy atom. The number of hydrogen-bond donors (Lipinski definition) is 1. The minimum absolute atomic E-state index is 0.0461. The van der Waals surface area contributed by atoms with E-state index in [-0.39, 0.29) is 12.5 Å². The number of likely N-dealkylation sites (tertiary alicyclic amines) is 1. The molecule has 0 bridgehead atoms. The number of piperidine rings is 1. The van der Waals surface area contributed by atoms with Gasteiger partial charge in [-0.1, -0.05) is 36.8 Å². The smallest absolute Gasteiger partial charge is 0.263 e. The molecule has 7 nitrogen and oxygen atoms in total. The highest BCUT2D eigenvalue weighted by Gasteiger charge is 2.34. The summed E-state index contributed by atoms with van der Waals surface area (Å²) < 4.78 is 31.7. The molecule has 2 aliphatic heterocycles. The molecule has 32 heavy (non-hydrogen) atoms. The van der Waals surface area contributed by atoms with Crippen LogP contribution < -0.4 is 14.4 Å². The van der Waals surface area contributed by atoms with Gasteiger partial charge in [0, 0.05) is 13.1 Å². The molecule has 8 heteroatoms. The Bertz CT molecular complexity index is 1060. The highest BCUT2D eigenvalue weighted by atomic mass is 32.2. The van der Waals surface area contributed by atoms with Gasteiger partial charge in [0.2, 0.25) is 10.0 Å². The molecule has 1 fully saturated rings. The number of rotatable bonds is 6. The predicted octanol–water partition coefficient (Wildman–Crippen LogP) is 2.82. The van der Waals surface area contributed by atoms with Crippen molar-refractivity contribution in [2.75, 3.05) is 30.2 Å². The maximum absolute atomic E-state index is 12.8. The van der Waals surface area contributed by atoms with Gasteiger partial charge in [-0.2, -0.15) is 0 Å². The van der Waals surface area contributed by atoms with Gasteiger partial charge in [-0.3, -0.25) is 14.0 Å². The zero-order valence-corrected chi connectivity index (χ0v) is 19.5. The summed E-state index contributed by atoms with van der Waals surface area (Å²) in [6, 6.07) is 13.6. The Morgan fingerprint density at radius 1 is 1.06 bits per heavy atom. The van der Waals surface area contributed by atoms with E-state index in [0.717, 1.165) is 37.0 Å². The van der Waals surface area contributed by atoms with Gasteiger partial charge in [-0.15, -0.1) is 0 Å². The van der Waals surface area contributed by atoms with Crippen LogP contribution >= 0.6 is 0 Å². The second kappa shape index (κ2) is 9.50. The first-order valence-electron chi connectivity index (χ1n) is 11.1. The molecule has 2 heterocycles. The molecule has 1 amide bonds. The van der Waals surface area contributed by atoms with Gasteiger partial charge >= 0.3 is 0 Å². The summed E-state index contributed by atoms with van der Waals surface area (Å²) in [6.07, 6.45) is 4.11. The first-order valence-corrected chi connectivity index (χ1v) is 13.0. The lowest BCUT2D eigenvalue weighted by atomic mass is 10.1. The van der Waals surface area contributed by atoms with E-state index in [0.29, 0.717) is 18.0 Å². The summed E-state index contributed by atoms with van der Waals surface area (Å²) in [7, 11) is -3.53. The monoisotopic (exact) mass is 457 g/mol. The zero-order chi connectivity index (χ0) is 22.7. The Labute approximate surface area is 190 Å². The third-order valence-corrected chi connectivity index (χ3v) is 7.17. The molecule has 0 aromatic heterocycles. The number of fused-ring (bicyclic) bond motifs is 1. The van der Waals surface area contributed by atoms with Crippen LogP contribution in [0.1, 0.15) is 36.0 Å². The molecule has 2 aromatic carbocycles. The minimum Gasteiger partial charge on any atom is -0.476 e. The van der Waals surface area contributed by atoms with E-state index in [9.17, 15) is 13.2 Å². The number of nitrogens with one attached hydrogen (secondary N) is 1. The molecule has 0 aliphatic carbocycles. The number of carbonyl (C=O) groups excluding carboxylic acids is 1. The lowest BCUT2D eigenvalue weighted by Crippen LogP contribution is -2.50. The summed E-state index contributed by atoms with van der Waals surface area (Å²) in [4.78, 5) is 15.3. The Morgan fingerprint density at radius 3 is 2.44 bits per heavy atom. The van der Waals surface area contributed by atoms with Crippen LogP contribution in [0.3, 0.4) is 0 Å². The van der Waals surface area contributed by atoms with E-state index in [1.54, 1.807) is 12.1 Å². The number of anilines is 1. The molecule has 2 aromatic rings. The van der Waals surface area contributed by atoms with Crippen molar-refractivity contribution in [3.05, 3.63) is 59.2 Å². The van der Waals surface area contributed by atoms with Gasteiger partial charge in [0.05, 0.1) is 18.5 Å². The number of amides is 1. The third kappa shape index (κ3) is 5.42. The SMILES string of the molecule is Cc1ccc2c(c1)OC(C(=O)NCc1ccc(CN3CCCCC3)cc1)CN2S(C)(=O)=O. The van der Waals surface area contributed by atoms with E-state index in [4.69, 9.17) is 4.74 Å². The maximum atomic E-state index is 12.8. The molecule has 0 spiro atoms. The van der Waals surface area contributed by atoms with Crippen LogP contribution in [0, 0.1) is 6.92 Å². The van der Waals surface area contributed by atoms with Crippen LogP contribution in [-0.4, -0.2) is 51.2 Å². The average Bonchev–Trinajstić information content (AvgIpc) is 2.77. The number of nitrogens with zero attached hydrogens (tertiary/aromatic N) is 2. The lowest BCUT2D eigenvalue weighted by molar-refractivity contribution is -0.127. The molecule has 0 saturated carbocycles. The molecule has 2 aliphatic rings.